The number of rotatable bonds is 7. The van der Waals surface area contributed by atoms with E-state index in [0.29, 0.717) is 12.2 Å². The van der Waals surface area contributed by atoms with E-state index in [-0.39, 0.29) is 16.8 Å². The summed E-state index contributed by atoms with van der Waals surface area (Å²) in [4.78, 5) is 23.8. The monoisotopic (exact) mass is 379 g/mol. The largest absolute Gasteiger partial charge is 0.452 e. The average Bonchev–Trinajstić information content (AvgIpc) is 2.61. The Hall–Kier alpha value is -2.44. The van der Waals surface area contributed by atoms with Crippen LogP contribution in [0.15, 0.2) is 42.5 Å². The Labute approximate surface area is 156 Å². The summed E-state index contributed by atoms with van der Waals surface area (Å²) in [6, 6.07) is 10.5. The molecule has 0 aliphatic carbocycles. The second kappa shape index (κ2) is 9.31. The molecule has 0 aromatic heterocycles. The zero-order valence-electron chi connectivity index (χ0n) is 14.4. The molecule has 0 saturated carbocycles. The van der Waals surface area contributed by atoms with Crippen LogP contribution in [0.4, 0.5) is 10.1 Å². The van der Waals surface area contributed by atoms with Crippen LogP contribution in [-0.2, 0) is 20.9 Å². The Morgan fingerprint density at radius 3 is 2.50 bits per heavy atom. The van der Waals surface area contributed by atoms with E-state index in [2.05, 4.69) is 5.32 Å². The van der Waals surface area contributed by atoms with E-state index in [9.17, 15) is 14.0 Å². The van der Waals surface area contributed by atoms with Crippen molar-refractivity contribution in [2.75, 3.05) is 11.9 Å². The number of anilines is 1. The lowest BCUT2D eigenvalue weighted by atomic mass is 10.1. The average molecular weight is 380 g/mol. The SMILES string of the molecule is CC(C)OCc1ccc(C(=O)OCC(=O)Nc2cc(Cl)ccc2F)cc1. The lowest BCUT2D eigenvalue weighted by molar-refractivity contribution is -0.119. The molecule has 5 nitrogen and oxygen atoms in total. The second-order valence-corrected chi connectivity index (χ2v) is 6.24. The van der Waals surface area contributed by atoms with Crippen LogP contribution in [0.1, 0.15) is 29.8 Å². The van der Waals surface area contributed by atoms with Crippen molar-refractivity contribution in [2.45, 2.75) is 26.6 Å². The van der Waals surface area contributed by atoms with Crippen molar-refractivity contribution in [2.24, 2.45) is 0 Å². The Kier molecular flexibility index (Phi) is 7.12. The minimum absolute atomic E-state index is 0.0759. The fraction of sp³-hybridized carbons (Fsp3) is 0.263. The maximum absolute atomic E-state index is 13.6. The Morgan fingerprint density at radius 1 is 1.15 bits per heavy atom. The van der Waals surface area contributed by atoms with E-state index >= 15 is 0 Å². The van der Waals surface area contributed by atoms with Crippen LogP contribution in [0.5, 0.6) is 0 Å². The van der Waals surface area contributed by atoms with Gasteiger partial charge in [-0.1, -0.05) is 23.7 Å². The predicted molar refractivity (Wildman–Crippen MR) is 96.7 cm³/mol. The molecule has 0 saturated heterocycles. The van der Waals surface area contributed by atoms with Crippen molar-refractivity contribution in [3.63, 3.8) is 0 Å². The first-order valence-corrected chi connectivity index (χ1v) is 8.35. The third kappa shape index (κ3) is 6.13. The van der Waals surface area contributed by atoms with Gasteiger partial charge in [0.05, 0.1) is 24.0 Å². The molecule has 1 amide bonds. The van der Waals surface area contributed by atoms with Crippen LogP contribution in [-0.4, -0.2) is 24.6 Å². The normalized spacial score (nSPS) is 10.7. The smallest absolute Gasteiger partial charge is 0.338 e. The van der Waals surface area contributed by atoms with Gasteiger partial charge in [0.15, 0.2) is 6.61 Å². The first-order chi connectivity index (χ1) is 12.3. The number of hydrogen-bond donors (Lipinski definition) is 1. The highest BCUT2D eigenvalue weighted by atomic mass is 35.5. The molecule has 0 radical (unpaired) electrons. The van der Waals surface area contributed by atoms with Crippen LogP contribution in [0.3, 0.4) is 0 Å². The Balaban J connectivity index is 1.85. The highest BCUT2D eigenvalue weighted by Gasteiger charge is 2.12. The summed E-state index contributed by atoms with van der Waals surface area (Å²) in [7, 11) is 0. The zero-order valence-corrected chi connectivity index (χ0v) is 15.2. The number of carbonyl (C=O) groups excluding carboxylic acids is 2. The number of ether oxygens (including phenoxy) is 2. The van der Waals surface area contributed by atoms with Gasteiger partial charge < -0.3 is 14.8 Å². The molecule has 0 bridgehead atoms. The van der Waals surface area contributed by atoms with Gasteiger partial charge in [-0.15, -0.1) is 0 Å². The third-order valence-corrected chi connectivity index (χ3v) is 3.54. The first-order valence-electron chi connectivity index (χ1n) is 7.97. The summed E-state index contributed by atoms with van der Waals surface area (Å²) >= 11 is 5.75. The number of hydrogen-bond acceptors (Lipinski definition) is 4. The molecule has 26 heavy (non-hydrogen) atoms. The first kappa shape index (κ1) is 19.9. The topological polar surface area (TPSA) is 64.6 Å². The van der Waals surface area contributed by atoms with E-state index in [0.717, 1.165) is 11.6 Å². The Bertz CT molecular complexity index is 778. The van der Waals surface area contributed by atoms with Crippen LogP contribution >= 0.6 is 11.6 Å². The molecule has 0 unspecified atom stereocenters. The predicted octanol–water partition coefficient (Wildman–Crippen LogP) is 4.20. The van der Waals surface area contributed by atoms with Gasteiger partial charge >= 0.3 is 5.97 Å². The summed E-state index contributed by atoms with van der Waals surface area (Å²) in [5.74, 6) is -1.95. The fourth-order valence-electron chi connectivity index (χ4n) is 1.99. The maximum atomic E-state index is 13.6. The molecule has 2 aromatic rings. The van der Waals surface area contributed by atoms with Crippen molar-refractivity contribution >= 4 is 29.2 Å². The second-order valence-electron chi connectivity index (χ2n) is 5.81. The van der Waals surface area contributed by atoms with Crippen molar-refractivity contribution < 1.29 is 23.5 Å². The molecule has 0 aliphatic rings. The van der Waals surface area contributed by atoms with E-state index in [4.69, 9.17) is 21.1 Å². The standard InChI is InChI=1S/C19H19ClFNO4/c1-12(2)25-10-13-3-5-14(6-4-13)19(24)26-11-18(23)22-17-9-15(20)7-8-16(17)21/h3-9,12H,10-11H2,1-2H3,(H,22,23). The molecule has 2 aromatic carbocycles. The van der Waals surface area contributed by atoms with E-state index in [1.165, 1.54) is 12.1 Å². The number of benzene rings is 2. The van der Waals surface area contributed by atoms with Crippen LogP contribution in [0, 0.1) is 5.82 Å². The lowest BCUT2D eigenvalue weighted by Gasteiger charge is -2.09. The summed E-state index contributed by atoms with van der Waals surface area (Å²) in [5.41, 5.74) is 1.15. The van der Waals surface area contributed by atoms with Crippen LogP contribution in [0.2, 0.25) is 5.02 Å². The summed E-state index contributed by atoms with van der Waals surface area (Å²) < 4.78 is 24.0. The summed E-state index contributed by atoms with van der Waals surface area (Å²) in [5, 5.41) is 2.58. The molecule has 0 atom stereocenters. The molecule has 2 rings (SSSR count). The zero-order chi connectivity index (χ0) is 19.1. The molecule has 0 aliphatic heterocycles. The number of halogens is 2. The minimum atomic E-state index is -0.665. The van der Waals surface area contributed by atoms with Gasteiger partial charge in [-0.05, 0) is 49.7 Å². The van der Waals surface area contributed by atoms with Crippen LogP contribution < -0.4 is 5.32 Å². The summed E-state index contributed by atoms with van der Waals surface area (Å²) in [6.45, 7) is 3.78. The van der Waals surface area contributed by atoms with Gasteiger partial charge in [0.2, 0.25) is 0 Å². The Morgan fingerprint density at radius 2 is 1.85 bits per heavy atom. The van der Waals surface area contributed by atoms with E-state index in [1.54, 1.807) is 24.3 Å². The van der Waals surface area contributed by atoms with Crippen molar-refractivity contribution in [3.05, 3.63) is 64.4 Å². The van der Waals surface area contributed by atoms with Crippen molar-refractivity contribution in [1.29, 1.82) is 0 Å². The van der Waals surface area contributed by atoms with Gasteiger partial charge in [0.1, 0.15) is 5.82 Å². The van der Waals surface area contributed by atoms with Crippen molar-refractivity contribution in [1.82, 2.24) is 0 Å². The van der Waals surface area contributed by atoms with E-state index in [1.807, 2.05) is 13.8 Å². The van der Waals surface area contributed by atoms with Crippen LogP contribution in [0.25, 0.3) is 0 Å². The molecule has 138 valence electrons. The third-order valence-electron chi connectivity index (χ3n) is 3.31. The molecule has 0 spiro atoms. The highest BCUT2D eigenvalue weighted by Crippen LogP contribution is 2.19. The minimum Gasteiger partial charge on any atom is -0.452 e. The molecule has 7 heteroatoms. The van der Waals surface area contributed by atoms with Gasteiger partial charge in [-0.3, -0.25) is 4.79 Å². The molecular formula is C19H19ClFNO4. The van der Waals surface area contributed by atoms with Crippen molar-refractivity contribution in [3.8, 4) is 0 Å². The lowest BCUT2D eigenvalue weighted by Crippen LogP contribution is -2.21. The number of nitrogens with one attached hydrogen (secondary N) is 1. The fourth-order valence-corrected chi connectivity index (χ4v) is 2.17. The number of carbonyl (C=O) groups is 2. The number of amides is 1. The van der Waals surface area contributed by atoms with Gasteiger partial charge in [-0.25, -0.2) is 9.18 Å². The quantitative estimate of drug-likeness (QED) is 0.732. The molecule has 0 fully saturated rings. The van der Waals surface area contributed by atoms with Gasteiger partial charge in [-0.2, -0.15) is 0 Å². The molecule has 1 N–H and O–H groups in total. The maximum Gasteiger partial charge on any atom is 0.338 e. The number of esters is 1. The van der Waals surface area contributed by atoms with Gasteiger partial charge in [0, 0.05) is 5.02 Å². The molecule has 0 heterocycles. The van der Waals surface area contributed by atoms with E-state index < -0.39 is 24.3 Å². The molecular weight excluding hydrogens is 361 g/mol. The highest BCUT2D eigenvalue weighted by molar-refractivity contribution is 6.30. The summed E-state index contributed by atoms with van der Waals surface area (Å²) in [6.07, 6.45) is 0.113. The van der Waals surface area contributed by atoms with Gasteiger partial charge in [0.25, 0.3) is 5.91 Å².